The van der Waals surface area contributed by atoms with Crippen molar-refractivity contribution >= 4 is 22.7 Å². The van der Waals surface area contributed by atoms with Crippen molar-refractivity contribution in [2.75, 3.05) is 48.8 Å². The van der Waals surface area contributed by atoms with E-state index in [1.165, 1.54) is 12.0 Å². The number of hydrogen-bond donors (Lipinski definition) is 2. The van der Waals surface area contributed by atoms with Crippen molar-refractivity contribution in [1.29, 1.82) is 0 Å². The molecule has 4 aliphatic rings. The van der Waals surface area contributed by atoms with Crippen molar-refractivity contribution in [2.24, 2.45) is 0 Å². The highest BCUT2D eigenvalue weighted by molar-refractivity contribution is 5.90. The van der Waals surface area contributed by atoms with Gasteiger partial charge in [0.25, 0.3) is 0 Å². The van der Waals surface area contributed by atoms with Gasteiger partial charge in [-0.2, -0.15) is 5.10 Å². The van der Waals surface area contributed by atoms with Crippen LogP contribution in [-0.4, -0.2) is 81.1 Å². The molecular weight excluding hydrogens is 480 g/mol. The van der Waals surface area contributed by atoms with Gasteiger partial charge in [0.1, 0.15) is 5.82 Å². The van der Waals surface area contributed by atoms with Gasteiger partial charge in [-0.05, 0) is 36.6 Å². The fraction of sp³-hybridized carbons (Fsp3) is 0.393. The predicted molar refractivity (Wildman–Crippen MR) is 146 cm³/mol. The summed E-state index contributed by atoms with van der Waals surface area (Å²) in [6.45, 7) is 4.31. The molecule has 10 nitrogen and oxygen atoms in total. The molecule has 0 spiro atoms. The summed E-state index contributed by atoms with van der Waals surface area (Å²) in [6, 6.07) is 11.5. The van der Waals surface area contributed by atoms with Gasteiger partial charge in [0.2, 0.25) is 5.88 Å². The van der Waals surface area contributed by atoms with Crippen LogP contribution in [0.1, 0.15) is 18.4 Å². The zero-order valence-electron chi connectivity index (χ0n) is 21.4. The predicted octanol–water partition coefficient (Wildman–Crippen LogP) is 2.42. The number of ether oxygens (including phenoxy) is 1. The lowest BCUT2D eigenvalue weighted by Crippen LogP contribution is -2.68. The Morgan fingerprint density at radius 3 is 2.58 bits per heavy atom. The van der Waals surface area contributed by atoms with Gasteiger partial charge < -0.3 is 25.4 Å². The zero-order valence-corrected chi connectivity index (χ0v) is 21.4. The molecule has 4 aromatic rings. The van der Waals surface area contributed by atoms with Crippen LogP contribution >= 0.6 is 0 Å². The van der Waals surface area contributed by atoms with Crippen molar-refractivity contribution in [1.82, 2.24) is 24.5 Å². The number of nitrogens with zero attached hydrogens (tertiary/aromatic N) is 7. The summed E-state index contributed by atoms with van der Waals surface area (Å²) < 4.78 is 7.02. The third-order valence-electron chi connectivity index (χ3n) is 8.25. The summed E-state index contributed by atoms with van der Waals surface area (Å²) in [7, 11) is 1.64. The number of aliphatic hydroxyl groups is 1. The molecule has 0 aliphatic carbocycles. The van der Waals surface area contributed by atoms with Gasteiger partial charge in [-0.15, -0.1) is 0 Å². The Morgan fingerprint density at radius 1 is 1.03 bits per heavy atom. The van der Waals surface area contributed by atoms with E-state index < -0.39 is 0 Å². The monoisotopic (exact) mass is 512 g/mol. The summed E-state index contributed by atoms with van der Waals surface area (Å²) in [6.07, 6.45) is 9.25. The molecule has 4 aromatic heterocycles. The summed E-state index contributed by atoms with van der Waals surface area (Å²) in [5.74, 6) is 1.65. The quantitative estimate of drug-likeness (QED) is 0.403. The fourth-order valence-corrected chi connectivity index (χ4v) is 6.20. The first kappa shape index (κ1) is 23.2. The number of aromatic nitrogens is 4. The maximum atomic E-state index is 10.0. The molecule has 0 aromatic carbocycles. The molecular formula is C28H32N8O2. The maximum absolute atomic E-state index is 10.0. The number of aliphatic hydroxyl groups excluding tert-OH is 1. The Hall–Kier alpha value is -3.89. The summed E-state index contributed by atoms with van der Waals surface area (Å²) in [4.78, 5) is 16.4. The van der Waals surface area contributed by atoms with Gasteiger partial charge >= 0.3 is 0 Å². The number of β-amino-alcohol motifs (C(OH)–C–C–N with tert-alkyl or cyclic N) is 1. The molecule has 196 valence electrons. The molecule has 8 rings (SSSR count). The smallest absolute Gasteiger partial charge is 0.212 e. The standard InChI is InChI=1S/C28H32N8O2/c1-38-27-5-2-18(10-31-27)13-35-21-8-22(35)15-34(14-21)26-4-3-19(11-30-26)24-9-20(33-7-6-23(37)17-33)16-36-28(24)25(29)12-32-36/h2-5,9-12,16,21-23,37H,6-8,13-15,17,29H2,1H3/t21?,22?,23-/m1/s1. The van der Waals surface area contributed by atoms with E-state index in [0.717, 1.165) is 60.7 Å². The van der Waals surface area contributed by atoms with Crippen LogP contribution in [0.15, 0.2) is 55.1 Å². The van der Waals surface area contributed by atoms with E-state index >= 15 is 0 Å². The molecule has 2 bridgehead atoms. The van der Waals surface area contributed by atoms with E-state index in [-0.39, 0.29) is 6.10 Å². The maximum Gasteiger partial charge on any atom is 0.212 e. The SMILES string of the molecule is COc1ccc(CN2C3CC2CN(c2ccc(-c4cc(N5CC[C@@H](O)C5)cn5ncc(N)c45)cn2)C3)cn1. The second-order valence-corrected chi connectivity index (χ2v) is 10.6. The average molecular weight is 513 g/mol. The Balaban J connectivity index is 1.09. The fourth-order valence-electron chi connectivity index (χ4n) is 6.20. The van der Waals surface area contributed by atoms with E-state index in [2.05, 4.69) is 49.0 Å². The third kappa shape index (κ3) is 4.00. The molecule has 0 amide bonds. The summed E-state index contributed by atoms with van der Waals surface area (Å²) in [5, 5.41) is 14.5. The first-order valence-corrected chi connectivity index (χ1v) is 13.2. The lowest BCUT2D eigenvalue weighted by Gasteiger charge is -2.56. The van der Waals surface area contributed by atoms with Crippen LogP contribution in [0.2, 0.25) is 0 Å². The van der Waals surface area contributed by atoms with E-state index in [9.17, 15) is 5.11 Å². The highest BCUT2D eigenvalue weighted by Crippen LogP contribution is 2.37. The van der Waals surface area contributed by atoms with Crippen LogP contribution in [0.5, 0.6) is 5.88 Å². The van der Waals surface area contributed by atoms with Crippen molar-refractivity contribution in [2.45, 2.75) is 37.6 Å². The van der Waals surface area contributed by atoms with Gasteiger partial charge in [0, 0.05) is 74.4 Å². The number of nitrogens with two attached hydrogens (primary N) is 1. The van der Waals surface area contributed by atoms with Gasteiger partial charge in [0.05, 0.1) is 42.5 Å². The number of rotatable bonds is 6. The normalized spacial score (nSPS) is 23.2. The Bertz CT molecular complexity index is 1440. The minimum Gasteiger partial charge on any atom is -0.481 e. The summed E-state index contributed by atoms with van der Waals surface area (Å²) >= 11 is 0. The van der Waals surface area contributed by atoms with Crippen LogP contribution in [0.25, 0.3) is 16.6 Å². The largest absolute Gasteiger partial charge is 0.481 e. The van der Waals surface area contributed by atoms with Crippen molar-refractivity contribution in [3.63, 3.8) is 0 Å². The number of hydrogen-bond acceptors (Lipinski definition) is 9. The first-order chi connectivity index (χ1) is 18.6. The van der Waals surface area contributed by atoms with Crippen molar-refractivity contribution < 1.29 is 9.84 Å². The second-order valence-electron chi connectivity index (χ2n) is 10.6. The van der Waals surface area contributed by atoms with E-state index in [0.29, 0.717) is 30.2 Å². The molecule has 4 aliphatic heterocycles. The molecule has 4 fully saturated rings. The van der Waals surface area contributed by atoms with Crippen molar-refractivity contribution in [3.8, 4) is 17.0 Å². The first-order valence-electron chi connectivity index (χ1n) is 13.2. The highest BCUT2D eigenvalue weighted by Gasteiger charge is 2.44. The van der Waals surface area contributed by atoms with Crippen molar-refractivity contribution in [3.05, 3.63) is 60.7 Å². The Morgan fingerprint density at radius 2 is 1.89 bits per heavy atom. The Labute approximate surface area is 221 Å². The average Bonchev–Trinajstić information content (AvgIpc) is 3.57. The van der Waals surface area contributed by atoms with Gasteiger partial charge in [-0.25, -0.2) is 14.5 Å². The van der Waals surface area contributed by atoms with Crippen LogP contribution in [0.3, 0.4) is 0 Å². The zero-order chi connectivity index (χ0) is 25.8. The molecule has 0 saturated carbocycles. The van der Waals surface area contributed by atoms with E-state index in [4.69, 9.17) is 15.5 Å². The number of piperazine rings is 1. The topological polar surface area (TPSA) is 108 Å². The molecule has 10 heteroatoms. The molecule has 8 heterocycles. The second kappa shape index (κ2) is 9.14. The number of anilines is 3. The van der Waals surface area contributed by atoms with Crippen LogP contribution in [0.4, 0.5) is 17.2 Å². The lowest BCUT2D eigenvalue weighted by atomic mass is 9.87. The number of methoxy groups -OCH3 is 1. The van der Waals surface area contributed by atoms with Crippen LogP contribution in [-0.2, 0) is 6.54 Å². The van der Waals surface area contributed by atoms with Gasteiger partial charge in [-0.1, -0.05) is 6.07 Å². The highest BCUT2D eigenvalue weighted by atomic mass is 16.5. The lowest BCUT2D eigenvalue weighted by molar-refractivity contribution is -0.00876. The molecule has 3 N–H and O–H groups in total. The number of piperidine rings is 1. The van der Waals surface area contributed by atoms with E-state index in [1.807, 2.05) is 29.2 Å². The molecule has 4 saturated heterocycles. The van der Waals surface area contributed by atoms with E-state index in [1.54, 1.807) is 13.3 Å². The number of pyridine rings is 3. The molecule has 0 radical (unpaired) electrons. The van der Waals surface area contributed by atoms with Gasteiger partial charge in [-0.3, -0.25) is 4.90 Å². The number of nitrogen functional groups attached to an aromatic ring is 1. The van der Waals surface area contributed by atoms with Crippen LogP contribution < -0.4 is 20.3 Å². The number of fused-ring (bicyclic) bond motifs is 3. The molecule has 3 atom stereocenters. The third-order valence-corrected chi connectivity index (χ3v) is 8.25. The van der Waals surface area contributed by atoms with Gasteiger partial charge in [0.15, 0.2) is 0 Å². The van der Waals surface area contributed by atoms with Crippen LogP contribution in [0, 0.1) is 0 Å². The minimum atomic E-state index is -0.294. The molecule has 38 heavy (non-hydrogen) atoms. The minimum absolute atomic E-state index is 0.294. The Kier molecular flexibility index (Phi) is 5.59. The summed E-state index contributed by atoms with van der Waals surface area (Å²) in [5.41, 5.74) is 12.1. The molecule has 2 unspecified atom stereocenters.